The van der Waals surface area contributed by atoms with Crippen LogP contribution in [-0.4, -0.2) is 13.7 Å². The Morgan fingerprint density at radius 3 is 2.87 bits per heavy atom. The van der Waals surface area contributed by atoms with E-state index in [1.165, 1.54) is 6.07 Å². The Kier molecular flexibility index (Phi) is 4.14. The highest BCUT2D eigenvalue weighted by Gasteiger charge is 2.09. The summed E-state index contributed by atoms with van der Waals surface area (Å²) in [6, 6.07) is 4.73. The van der Waals surface area contributed by atoms with Gasteiger partial charge in [-0.15, -0.1) is 6.42 Å². The van der Waals surface area contributed by atoms with Crippen LogP contribution < -0.4 is 10.1 Å². The van der Waals surface area contributed by atoms with Crippen LogP contribution in [-0.2, 0) is 0 Å². The van der Waals surface area contributed by atoms with Crippen molar-refractivity contribution < 1.29 is 9.13 Å². The minimum absolute atomic E-state index is 0.0216. The lowest BCUT2D eigenvalue weighted by Gasteiger charge is -2.12. The molecule has 0 amide bonds. The highest BCUT2D eigenvalue weighted by atomic mass is 19.1. The lowest BCUT2D eigenvalue weighted by molar-refractivity contribution is 0.367. The maximum atomic E-state index is 13.5. The summed E-state index contributed by atoms with van der Waals surface area (Å²) in [7, 11) is 1.78. The molecule has 0 saturated carbocycles. The molecule has 1 rings (SSSR count). The number of hydrogen-bond donors (Lipinski definition) is 1. The third kappa shape index (κ3) is 2.97. The molecule has 1 N–H and O–H groups in total. The Morgan fingerprint density at radius 1 is 1.60 bits per heavy atom. The van der Waals surface area contributed by atoms with Crippen molar-refractivity contribution in [3.05, 3.63) is 29.6 Å². The summed E-state index contributed by atoms with van der Waals surface area (Å²) in [6.07, 6.45) is 5.04. The van der Waals surface area contributed by atoms with Gasteiger partial charge in [0.1, 0.15) is 18.2 Å². The van der Waals surface area contributed by atoms with E-state index in [1.807, 2.05) is 6.92 Å². The number of ether oxygens (including phenoxy) is 1. The highest BCUT2D eigenvalue weighted by molar-refractivity contribution is 5.30. The number of benzene rings is 1. The Bertz CT molecular complexity index is 370. The molecule has 0 fully saturated rings. The molecule has 0 radical (unpaired) electrons. The molecule has 0 bridgehead atoms. The lowest BCUT2D eigenvalue weighted by atomic mass is 10.1. The van der Waals surface area contributed by atoms with Gasteiger partial charge in [0.2, 0.25) is 0 Å². The number of hydrogen-bond acceptors (Lipinski definition) is 2. The largest absolute Gasteiger partial charge is 0.481 e. The van der Waals surface area contributed by atoms with Gasteiger partial charge in [0, 0.05) is 17.7 Å². The predicted octanol–water partition coefficient (Wildman–Crippen LogP) is 2.12. The van der Waals surface area contributed by atoms with E-state index in [0.29, 0.717) is 11.3 Å². The second-order valence-electron chi connectivity index (χ2n) is 3.19. The maximum Gasteiger partial charge on any atom is 0.148 e. The van der Waals surface area contributed by atoms with Crippen molar-refractivity contribution in [2.24, 2.45) is 0 Å². The Labute approximate surface area is 89.4 Å². The zero-order valence-electron chi connectivity index (χ0n) is 8.88. The Morgan fingerprint density at radius 2 is 2.33 bits per heavy atom. The topological polar surface area (TPSA) is 21.3 Å². The van der Waals surface area contributed by atoms with Gasteiger partial charge in [-0.25, -0.2) is 4.39 Å². The van der Waals surface area contributed by atoms with Crippen LogP contribution in [0.2, 0.25) is 0 Å². The van der Waals surface area contributed by atoms with E-state index in [-0.39, 0.29) is 18.5 Å². The number of rotatable bonds is 4. The smallest absolute Gasteiger partial charge is 0.148 e. The molecule has 0 aliphatic rings. The van der Waals surface area contributed by atoms with Crippen LogP contribution in [0.3, 0.4) is 0 Å². The molecule has 1 unspecified atom stereocenters. The summed E-state index contributed by atoms with van der Waals surface area (Å²) in [5.41, 5.74) is 0.616. The Balaban J connectivity index is 2.84. The molecule has 2 nitrogen and oxygen atoms in total. The van der Waals surface area contributed by atoms with Gasteiger partial charge in [-0.2, -0.15) is 0 Å². The Hall–Kier alpha value is -1.53. The van der Waals surface area contributed by atoms with Gasteiger partial charge in [-0.05, 0) is 20.0 Å². The van der Waals surface area contributed by atoms with Crippen LogP contribution >= 0.6 is 0 Å². The van der Waals surface area contributed by atoms with Crippen LogP contribution in [0, 0.1) is 18.2 Å². The van der Waals surface area contributed by atoms with Gasteiger partial charge in [0.25, 0.3) is 0 Å². The van der Waals surface area contributed by atoms with Gasteiger partial charge >= 0.3 is 0 Å². The first-order valence-corrected chi connectivity index (χ1v) is 4.72. The molecule has 1 aromatic rings. The summed E-state index contributed by atoms with van der Waals surface area (Å²) >= 11 is 0. The van der Waals surface area contributed by atoms with Gasteiger partial charge < -0.3 is 10.1 Å². The van der Waals surface area contributed by atoms with Crippen molar-refractivity contribution in [1.29, 1.82) is 0 Å². The van der Waals surface area contributed by atoms with Crippen molar-refractivity contribution in [1.82, 2.24) is 5.32 Å². The minimum Gasteiger partial charge on any atom is -0.481 e. The van der Waals surface area contributed by atoms with E-state index >= 15 is 0 Å². The van der Waals surface area contributed by atoms with Crippen LogP contribution in [0.5, 0.6) is 5.75 Å². The molecular formula is C12H14FNO. The minimum atomic E-state index is -0.286. The summed E-state index contributed by atoms with van der Waals surface area (Å²) < 4.78 is 18.7. The number of terminal acetylenes is 1. The molecule has 0 spiro atoms. The van der Waals surface area contributed by atoms with Crippen LogP contribution in [0.25, 0.3) is 0 Å². The van der Waals surface area contributed by atoms with Crippen molar-refractivity contribution in [2.45, 2.75) is 13.0 Å². The molecule has 0 saturated heterocycles. The fourth-order valence-electron chi connectivity index (χ4n) is 1.23. The summed E-state index contributed by atoms with van der Waals surface area (Å²) in [4.78, 5) is 0. The van der Waals surface area contributed by atoms with Crippen LogP contribution in [0.1, 0.15) is 18.5 Å². The number of halogens is 1. The average Bonchev–Trinajstić information content (AvgIpc) is 2.25. The lowest BCUT2D eigenvalue weighted by Crippen LogP contribution is -2.13. The molecule has 1 aromatic carbocycles. The molecule has 15 heavy (non-hydrogen) atoms. The fourth-order valence-corrected chi connectivity index (χ4v) is 1.23. The van der Waals surface area contributed by atoms with E-state index < -0.39 is 0 Å². The first-order valence-electron chi connectivity index (χ1n) is 4.72. The second kappa shape index (κ2) is 5.38. The SMILES string of the molecule is C#CCOc1ccc(C(C)NC)c(F)c1. The predicted molar refractivity (Wildman–Crippen MR) is 58.2 cm³/mol. The number of nitrogens with one attached hydrogen (secondary N) is 1. The zero-order chi connectivity index (χ0) is 11.3. The van der Waals surface area contributed by atoms with Gasteiger partial charge in [0.05, 0.1) is 0 Å². The highest BCUT2D eigenvalue weighted by Crippen LogP contribution is 2.21. The van der Waals surface area contributed by atoms with E-state index in [1.54, 1.807) is 19.2 Å². The van der Waals surface area contributed by atoms with Gasteiger partial charge in [-0.1, -0.05) is 12.0 Å². The quantitative estimate of drug-likeness (QED) is 0.763. The molecule has 0 heterocycles. The molecule has 0 aromatic heterocycles. The molecule has 3 heteroatoms. The standard InChI is InChI=1S/C12H14FNO/c1-4-7-15-10-5-6-11(9(2)14-3)12(13)8-10/h1,5-6,8-9,14H,7H2,2-3H3. The fraction of sp³-hybridized carbons (Fsp3) is 0.333. The molecule has 0 aliphatic carbocycles. The molecule has 0 aliphatic heterocycles. The second-order valence-corrected chi connectivity index (χ2v) is 3.19. The normalized spacial score (nSPS) is 11.9. The van der Waals surface area contributed by atoms with Crippen molar-refractivity contribution in [3.63, 3.8) is 0 Å². The van der Waals surface area contributed by atoms with E-state index in [0.717, 1.165) is 0 Å². The summed E-state index contributed by atoms with van der Waals surface area (Å²) in [5.74, 6) is 2.50. The first kappa shape index (κ1) is 11.5. The van der Waals surface area contributed by atoms with E-state index in [2.05, 4.69) is 11.2 Å². The zero-order valence-corrected chi connectivity index (χ0v) is 8.88. The molecular weight excluding hydrogens is 193 g/mol. The third-order valence-corrected chi connectivity index (χ3v) is 2.19. The van der Waals surface area contributed by atoms with Crippen LogP contribution in [0.4, 0.5) is 4.39 Å². The summed E-state index contributed by atoms with van der Waals surface area (Å²) in [5, 5.41) is 2.97. The molecule has 80 valence electrons. The van der Waals surface area contributed by atoms with Crippen molar-refractivity contribution in [2.75, 3.05) is 13.7 Å². The van der Waals surface area contributed by atoms with Crippen molar-refractivity contribution >= 4 is 0 Å². The average molecular weight is 207 g/mol. The first-order chi connectivity index (χ1) is 7.19. The van der Waals surface area contributed by atoms with E-state index in [9.17, 15) is 4.39 Å². The summed E-state index contributed by atoms with van der Waals surface area (Å²) in [6.45, 7) is 2.04. The van der Waals surface area contributed by atoms with Crippen molar-refractivity contribution in [3.8, 4) is 18.1 Å². The van der Waals surface area contributed by atoms with Gasteiger partial charge in [-0.3, -0.25) is 0 Å². The maximum absolute atomic E-state index is 13.5. The molecule has 1 atom stereocenters. The van der Waals surface area contributed by atoms with Gasteiger partial charge in [0.15, 0.2) is 0 Å². The van der Waals surface area contributed by atoms with Crippen LogP contribution in [0.15, 0.2) is 18.2 Å². The third-order valence-electron chi connectivity index (χ3n) is 2.19. The van der Waals surface area contributed by atoms with E-state index in [4.69, 9.17) is 11.2 Å². The monoisotopic (exact) mass is 207 g/mol.